The highest BCUT2D eigenvalue weighted by molar-refractivity contribution is 8.01. The van der Waals surface area contributed by atoms with E-state index in [1.165, 1.54) is 32.1 Å². The Morgan fingerprint density at radius 2 is 1.94 bits per heavy atom. The molecule has 1 heterocycles. The van der Waals surface area contributed by atoms with E-state index in [2.05, 4.69) is 10.2 Å². The predicted octanol–water partition coefficient (Wildman–Crippen LogP) is 2.99. The molecule has 1 aromatic rings. The van der Waals surface area contributed by atoms with Gasteiger partial charge in [0, 0.05) is 11.3 Å². The fraction of sp³-hybridized carbons (Fsp3) is 0.818. The van der Waals surface area contributed by atoms with Gasteiger partial charge in [0.05, 0.1) is 0 Å². The molecule has 1 aromatic heterocycles. The lowest BCUT2D eigenvalue weighted by atomic mass is 9.97. The van der Waals surface area contributed by atoms with Crippen LogP contribution in [-0.2, 0) is 0 Å². The fourth-order valence-electron chi connectivity index (χ4n) is 2.08. The highest BCUT2D eigenvalue weighted by Crippen LogP contribution is 2.33. The van der Waals surface area contributed by atoms with Crippen molar-refractivity contribution >= 4 is 23.1 Å². The molecule has 2 N–H and O–H groups in total. The Balaban J connectivity index is 1.95. The number of hydrogen-bond donors (Lipinski definition) is 1. The molecule has 0 bridgehead atoms. The molecule has 0 amide bonds. The third-order valence-corrected chi connectivity index (χ3v) is 5.36. The van der Waals surface area contributed by atoms with E-state index in [0.717, 1.165) is 15.8 Å². The first-order valence-electron chi connectivity index (χ1n) is 5.98. The molecule has 16 heavy (non-hydrogen) atoms. The van der Waals surface area contributed by atoms with Crippen molar-refractivity contribution in [2.24, 2.45) is 5.73 Å². The van der Waals surface area contributed by atoms with E-state index < -0.39 is 0 Å². The van der Waals surface area contributed by atoms with Crippen molar-refractivity contribution in [3.05, 3.63) is 5.01 Å². The zero-order valence-electron chi connectivity index (χ0n) is 9.69. The van der Waals surface area contributed by atoms with E-state index >= 15 is 0 Å². The van der Waals surface area contributed by atoms with Gasteiger partial charge < -0.3 is 5.73 Å². The minimum absolute atomic E-state index is 0.328. The maximum absolute atomic E-state index is 6.24. The van der Waals surface area contributed by atoms with Gasteiger partial charge in [-0.3, -0.25) is 0 Å². The summed E-state index contributed by atoms with van der Waals surface area (Å²) in [5.74, 6) is 0. The SMILES string of the molecule is Cc1nnc(SC2CCCCCCC2N)s1. The Kier molecular flexibility index (Phi) is 4.61. The smallest absolute Gasteiger partial charge is 0.174 e. The maximum Gasteiger partial charge on any atom is 0.174 e. The van der Waals surface area contributed by atoms with Gasteiger partial charge in [-0.25, -0.2) is 0 Å². The summed E-state index contributed by atoms with van der Waals surface area (Å²) in [6.45, 7) is 2.00. The summed E-state index contributed by atoms with van der Waals surface area (Å²) < 4.78 is 1.08. The predicted molar refractivity (Wildman–Crippen MR) is 70.0 cm³/mol. The molecule has 1 aliphatic carbocycles. The fourth-order valence-corrected chi connectivity index (χ4v) is 4.36. The zero-order valence-corrected chi connectivity index (χ0v) is 11.3. The Hall–Kier alpha value is -0.130. The quantitative estimate of drug-likeness (QED) is 0.885. The van der Waals surface area contributed by atoms with E-state index in [9.17, 15) is 0 Å². The van der Waals surface area contributed by atoms with Crippen LogP contribution in [0.4, 0.5) is 0 Å². The molecule has 90 valence electrons. The molecule has 1 saturated carbocycles. The normalized spacial score (nSPS) is 27.4. The van der Waals surface area contributed by atoms with Crippen molar-refractivity contribution in [2.75, 3.05) is 0 Å². The first-order chi connectivity index (χ1) is 7.75. The summed E-state index contributed by atoms with van der Waals surface area (Å²) in [5.41, 5.74) is 6.24. The molecule has 2 rings (SSSR count). The van der Waals surface area contributed by atoms with Gasteiger partial charge in [-0.2, -0.15) is 0 Å². The average molecular weight is 257 g/mol. The number of hydrogen-bond acceptors (Lipinski definition) is 5. The second kappa shape index (κ2) is 5.98. The van der Waals surface area contributed by atoms with E-state index in [1.54, 1.807) is 11.3 Å². The number of nitrogens with two attached hydrogens (primary N) is 1. The van der Waals surface area contributed by atoms with Crippen LogP contribution in [0, 0.1) is 6.92 Å². The van der Waals surface area contributed by atoms with Crippen molar-refractivity contribution in [3.63, 3.8) is 0 Å². The Morgan fingerprint density at radius 3 is 2.62 bits per heavy atom. The maximum atomic E-state index is 6.24. The Morgan fingerprint density at radius 1 is 1.19 bits per heavy atom. The van der Waals surface area contributed by atoms with Crippen LogP contribution in [0.1, 0.15) is 43.5 Å². The van der Waals surface area contributed by atoms with Crippen LogP contribution >= 0.6 is 23.1 Å². The van der Waals surface area contributed by atoms with Crippen molar-refractivity contribution in [3.8, 4) is 0 Å². The molecule has 1 aliphatic rings. The van der Waals surface area contributed by atoms with Gasteiger partial charge in [0.2, 0.25) is 0 Å². The largest absolute Gasteiger partial charge is 0.327 e. The van der Waals surface area contributed by atoms with Gasteiger partial charge in [-0.1, -0.05) is 48.8 Å². The number of thioether (sulfide) groups is 1. The molecular weight excluding hydrogens is 238 g/mol. The highest BCUT2D eigenvalue weighted by atomic mass is 32.2. The lowest BCUT2D eigenvalue weighted by Gasteiger charge is -2.24. The average Bonchev–Trinajstić information content (AvgIpc) is 2.64. The number of aromatic nitrogens is 2. The summed E-state index contributed by atoms with van der Waals surface area (Å²) in [5, 5.41) is 9.81. The minimum Gasteiger partial charge on any atom is -0.327 e. The first-order valence-corrected chi connectivity index (χ1v) is 7.67. The van der Waals surface area contributed by atoms with Gasteiger partial charge in [-0.05, 0) is 19.8 Å². The molecule has 0 aliphatic heterocycles. The van der Waals surface area contributed by atoms with Crippen LogP contribution in [-0.4, -0.2) is 21.5 Å². The number of nitrogens with zero attached hydrogens (tertiary/aromatic N) is 2. The van der Waals surface area contributed by atoms with Crippen molar-refractivity contribution < 1.29 is 0 Å². The van der Waals surface area contributed by atoms with Crippen LogP contribution in [0.5, 0.6) is 0 Å². The summed E-state index contributed by atoms with van der Waals surface area (Å²) in [6.07, 6.45) is 7.69. The third kappa shape index (κ3) is 3.43. The Bertz CT molecular complexity index is 327. The van der Waals surface area contributed by atoms with Crippen LogP contribution < -0.4 is 5.73 Å². The molecule has 3 nitrogen and oxygen atoms in total. The number of aryl methyl sites for hydroxylation is 1. The van der Waals surface area contributed by atoms with E-state index in [4.69, 9.17) is 5.73 Å². The molecule has 0 radical (unpaired) electrons. The van der Waals surface area contributed by atoms with Crippen LogP contribution in [0.25, 0.3) is 0 Å². The Labute approximate surface area is 105 Å². The number of rotatable bonds is 2. The van der Waals surface area contributed by atoms with E-state index in [1.807, 2.05) is 18.7 Å². The third-order valence-electron chi connectivity index (χ3n) is 3.01. The highest BCUT2D eigenvalue weighted by Gasteiger charge is 2.21. The van der Waals surface area contributed by atoms with Gasteiger partial charge >= 0.3 is 0 Å². The summed E-state index contributed by atoms with van der Waals surface area (Å²) in [7, 11) is 0. The van der Waals surface area contributed by atoms with Gasteiger partial charge in [-0.15, -0.1) is 10.2 Å². The standard InChI is InChI=1S/C11H19N3S2/c1-8-13-14-11(15-8)16-10-7-5-3-2-4-6-9(10)12/h9-10H,2-7,12H2,1H3. The second-order valence-corrected chi connectivity index (χ2v) is 7.07. The molecule has 2 atom stereocenters. The van der Waals surface area contributed by atoms with E-state index in [-0.39, 0.29) is 0 Å². The van der Waals surface area contributed by atoms with E-state index in [0.29, 0.717) is 11.3 Å². The molecule has 0 aromatic carbocycles. The topological polar surface area (TPSA) is 51.8 Å². The van der Waals surface area contributed by atoms with Crippen LogP contribution in [0.2, 0.25) is 0 Å². The summed E-state index contributed by atoms with van der Waals surface area (Å²) in [6, 6.07) is 0.328. The zero-order chi connectivity index (χ0) is 11.4. The van der Waals surface area contributed by atoms with Gasteiger partial charge in [0.15, 0.2) is 4.34 Å². The van der Waals surface area contributed by atoms with Crippen LogP contribution in [0.15, 0.2) is 4.34 Å². The van der Waals surface area contributed by atoms with Gasteiger partial charge in [0.1, 0.15) is 5.01 Å². The molecule has 1 fully saturated rings. The van der Waals surface area contributed by atoms with Crippen molar-refractivity contribution in [2.45, 2.75) is 61.1 Å². The molecule has 0 saturated heterocycles. The summed E-state index contributed by atoms with van der Waals surface area (Å²) in [4.78, 5) is 0. The monoisotopic (exact) mass is 257 g/mol. The molecule has 0 spiro atoms. The lowest BCUT2D eigenvalue weighted by Crippen LogP contribution is -2.33. The van der Waals surface area contributed by atoms with Crippen molar-refractivity contribution in [1.82, 2.24) is 10.2 Å². The second-order valence-electron chi connectivity index (χ2n) is 4.40. The first kappa shape index (κ1) is 12.3. The summed E-state index contributed by atoms with van der Waals surface area (Å²) >= 11 is 3.52. The molecular formula is C11H19N3S2. The lowest BCUT2D eigenvalue weighted by molar-refractivity contribution is 0.463. The van der Waals surface area contributed by atoms with Crippen LogP contribution in [0.3, 0.4) is 0 Å². The molecule has 2 unspecified atom stereocenters. The minimum atomic E-state index is 0.328. The molecule has 5 heteroatoms. The van der Waals surface area contributed by atoms with Gasteiger partial charge in [0.25, 0.3) is 0 Å². The van der Waals surface area contributed by atoms with Crippen molar-refractivity contribution in [1.29, 1.82) is 0 Å².